The van der Waals surface area contributed by atoms with Crippen molar-refractivity contribution in [1.82, 2.24) is 10.2 Å². The Balaban J connectivity index is 2.17. The van der Waals surface area contributed by atoms with Crippen molar-refractivity contribution in [3.05, 3.63) is 36.0 Å². The Labute approximate surface area is 105 Å². The second kappa shape index (κ2) is 5.27. The molecule has 1 aromatic carbocycles. The molecule has 0 bridgehead atoms. The molecule has 2 aromatic rings. The van der Waals surface area contributed by atoms with Crippen molar-refractivity contribution in [1.29, 1.82) is 0 Å². The number of aromatic nitrogens is 2. The van der Waals surface area contributed by atoms with Crippen LogP contribution in [0.25, 0.3) is 11.5 Å². The highest BCUT2D eigenvalue weighted by atomic mass is 19.1. The summed E-state index contributed by atoms with van der Waals surface area (Å²) in [6.07, 6.45) is 0.783. The molecule has 0 aliphatic rings. The van der Waals surface area contributed by atoms with Crippen LogP contribution in [0.5, 0.6) is 0 Å². The number of rotatable bonds is 4. The molecule has 96 valence electrons. The number of nitrogens with zero attached hydrogens (tertiary/aromatic N) is 2. The number of halogens is 1. The van der Waals surface area contributed by atoms with Crippen molar-refractivity contribution in [3.63, 3.8) is 0 Å². The van der Waals surface area contributed by atoms with Crippen molar-refractivity contribution >= 4 is 0 Å². The molecular formula is C13H16FN3O. The number of nitrogens with two attached hydrogens (primary N) is 1. The third-order valence-electron chi connectivity index (χ3n) is 2.57. The van der Waals surface area contributed by atoms with E-state index in [1.165, 1.54) is 12.1 Å². The van der Waals surface area contributed by atoms with Gasteiger partial charge in [-0.1, -0.05) is 13.8 Å². The zero-order chi connectivity index (χ0) is 13.1. The highest BCUT2D eigenvalue weighted by molar-refractivity contribution is 5.51. The molecule has 0 amide bonds. The Bertz CT molecular complexity index is 507. The minimum absolute atomic E-state index is 0.258. The predicted octanol–water partition coefficient (Wildman–Crippen LogP) is 2.92. The normalized spacial score (nSPS) is 12.9. The highest BCUT2D eigenvalue weighted by Crippen LogP contribution is 2.22. The van der Waals surface area contributed by atoms with Crippen LogP contribution in [0.3, 0.4) is 0 Å². The first kappa shape index (κ1) is 12.7. The Morgan fingerprint density at radius 2 is 1.89 bits per heavy atom. The van der Waals surface area contributed by atoms with E-state index in [-0.39, 0.29) is 11.9 Å². The summed E-state index contributed by atoms with van der Waals surface area (Å²) >= 11 is 0. The molecule has 0 saturated carbocycles. The fourth-order valence-corrected chi connectivity index (χ4v) is 1.70. The van der Waals surface area contributed by atoms with E-state index in [2.05, 4.69) is 24.0 Å². The molecule has 5 heteroatoms. The van der Waals surface area contributed by atoms with Crippen molar-refractivity contribution in [3.8, 4) is 11.5 Å². The molecule has 18 heavy (non-hydrogen) atoms. The summed E-state index contributed by atoms with van der Waals surface area (Å²) in [6, 6.07) is 5.65. The smallest absolute Gasteiger partial charge is 0.247 e. The minimum Gasteiger partial charge on any atom is -0.419 e. The van der Waals surface area contributed by atoms with Gasteiger partial charge in [-0.25, -0.2) is 4.39 Å². The number of benzene rings is 1. The van der Waals surface area contributed by atoms with Crippen molar-refractivity contribution in [2.24, 2.45) is 11.7 Å². The molecule has 4 nitrogen and oxygen atoms in total. The van der Waals surface area contributed by atoms with Gasteiger partial charge in [0.25, 0.3) is 0 Å². The highest BCUT2D eigenvalue weighted by Gasteiger charge is 2.16. The molecule has 0 aliphatic carbocycles. The summed E-state index contributed by atoms with van der Waals surface area (Å²) in [7, 11) is 0. The van der Waals surface area contributed by atoms with Crippen molar-refractivity contribution in [2.75, 3.05) is 0 Å². The topological polar surface area (TPSA) is 64.9 Å². The fourth-order valence-electron chi connectivity index (χ4n) is 1.70. The molecule has 0 aliphatic heterocycles. The molecule has 2 rings (SSSR count). The SMILES string of the molecule is CC(C)CC(N)c1nnc(-c2ccc(F)cc2)o1. The van der Waals surface area contributed by atoms with Crippen LogP contribution in [0, 0.1) is 11.7 Å². The van der Waals surface area contributed by atoms with E-state index in [1.807, 2.05) is 0 Å². The predicted molar refractivity (Wildman–Crippen MR) is 66.1 cm³/mol. The van der Waals surface area contributed by atoms with Crippen LogP contribution in [0.2, 0.25) is 0 Å². The first-order chi connectivity index (χ1) is 8.56. The van der Waals surface area contributed by atoms with Crippen LogP contribution in [-0.4, -0.2) is 10.2 Å². The Morgan fingerprint density at radius 3 is 2.50 bits per heavy atom. The van der Waals surface area contributed by atoms with Crippen molar-refractivity contribution < 1.29 is 8.81 Å². The maximum Gasteiger partial charge on any atom is 0.247 e. The van der Waals surface area contributed by atoms with Gasteiger partial charge < -0.3 is 10.2 Å². The van der Waals surface area contributed by atoms with Gasteiger partial charge in [-0.05, 0) is 36.6 Å². The molecule has 0 fully saturated rings. The quantitative estimate of drug-likeness (QED) is 0.904. The molecule has 1 aromatic heterocycles. The van der Waals surface area contributed by atoms with Gasteiger partial charge in [0.05, 0.1) is 6.04 Å². The Hall–Kier alpha value is -1.75. The van der Waals surface area contributed by atoms with Gasteiger partial charge in [0.1, 0.15) is 5.82 Å². The lowest BCUT2D eigenvalue weighted by Gasteiger charge is -2.08. The summed E-state index contributed by atoms with van der Waals surface area (Å²) in [5, 5.41) is 7.86. The number of hydrogen-bond donors (Lipinski definition) is 1. The average molecular weight is 249 g/mol. The minimum atomic E-state index is -0.296. The Kier molecular flexibility index (Phi) is 3.72. The van der Waals surface area contributed by atoms with Crippen LogP contribution >= 0.6 is 0 Å². The maximum atomic E-state index is 12.8. The third-order valence-corrected chi connectivity index (χ3v) is 2.57. The van der Waals surface area contributed by atoms with Crippen LogP contribution < -0.4 is 5.73 Å². The van der Waals surface area contributed by atoms with Gasteiger partial charge >= 0.3 is 0 Å². The fraction of sp³-hybridized carbons (Fsp3) is 0.385. The van der Waals surface area contributed by atoms with E-state index in [0.717, 1.165) is 6.42 Å². The zero-order valence-electron chi connectivity index (χ0n) is 10.4. The summed E-state index contributed by atoms with van der Waals surface area (Å²) in [6.45, 7) is 4.16. The molecule has 0 saturated heterocycles. The monoisotopic (exact) mass is 249 g/mol. The molecule has 1 unspecified atom stereocenters. The largest absolute Gasteiger partial charge is 0.419 e. The van der Waals surface area contributed by atoms with E-state index in [4.69, 9.17) is 10.2 Å². The summed E-state index contributed by atoms with van der Waals surface area (Å²) < 4.78 is 18.3. The Morgan fingerprint density at radius 1 is 1.22 bits per heavy atom. The van der Waals surface area contributed by atoms with Gasteiger partial charge in [0, 0.05) is 5.56 Å². The average Bonchev–Trinajstić information content (AvgIpc) is 2.78. The van der Waals surface area contributed by atoms with E-state index in [9.17, 15) is 4.39 Å². The van der Waals surface area contributed by atoms with E-state index in [1.54, 1.807) is 12.1 Å². The van der Waals surface area contributed by atoms with E-state index >= 15 is 0 Å². The van der Waals surface area contributed by atoms with E-state index < -0.39 is 0 Å². The summed E-state index contributed by atoms with van der Waals surface area (Å²) in [5.41, 5.74) is 6.64. The van der Waals surface area contributed by atoms with Gasteiger partial charge in [-0.2, -0.15) is 0 Å². The molecule has 0 spiro atoms. The van der Waals surface area contributed by atoms with Gasteiger partial charge in [-0.15, -0.1) is 10.2 Å². The standard InChI is InChI=1S/C13H16FN3O/c1-8(2)7-11(15)13-17-16-12(18-13)9-3-5-10(14)6-4-9/h3-6,8,11H,7,15H2,1-2H3. The molecule has 0 radical (unpaired) electrons. The van der Waals surface area contributed by atoms with Crippen LogP contribution in [0.4, 0.5) is 4.39 Å². The van der Waals surface area contributed by atoms with Crippen LogP contribution in [0.1, 0.15) is 32.2 Å². The lowest BCUT2D eigenvalue weighted by atomic mass is 10.1. The first-order valence-electron chi connectivity index (χ1n) is 5.91. The summed E-state index contributed by atoms with van der Waals surface area (Å²) in [4.78, 5) is 0. The second-order valence-corrected chi connectivity index (χ2v) is 4.69. The van der Waals surface area contributed by atoms with Crippen LogP contribution in [0.15, 0.2) is 28.7 Å². The lowest BCUT2D eigenvalue weighted by molar-refractivity contribution is 0.408. The molecule has 1 atom stereocenters. The number of hydrogen-bond acceptors (Lipinski definition) is 4. The lowest BCUT2D eigenvalue weighted by Crippen LogP contribution is -2.13. The van der Waals surface area contributed by atoms with Crippen LogP contribution in [-0.2, 0) is 0 Å². The molecule has 2 N–H and O–H groups in total. The zero-order valence-corrected chi connectivity index (χ0v) is 10.4. The molecular weight excluding hydrogens is 233 g/mol. The third kappa shape index (κ3) is 2.92. The van der Waals surface area contributed by atoms with Crippen molar-refractivity contribution in [2.45, 2.75) is 26.3 Å². The first-order valence-corrected chi connectivity index (χ1v) is 5.91. The second-order valence-electron chi connectivity index (χ2n) is 4.69. The molecule has 1 heterocycles. The van der Waals surface area contributed by atoms with E-state index in [0.29, 0.717) is 23.3 Å². The maximum absolute atomic E-state index is 12.8. The van der Waals surface area contributed by atoms with Gasteiger partial charge in [0.2, 0.25) is 11.8 Å². The summed E-state index contributed by atoms with van der Waals surface area (Å²) in [5.74, 6) is 0.948. The van der Waals surface area contributed by atoms with Gasteiger partial charge in [-0.3, -0.25) is 0 Å². The van der Waals surface area contributed by atoms with Gasteiger partial charge in [0.15, 0.2) is 0 Å².